The summed E-state index contributed by atoms with van der Waals surface area (Å²) in [5.41, 5.74) is 0. The van der Waals surface area contributed by atoms with E-state index >= 15 is 0 Å². The highest BCUT2D eigenvalue weighted by molar-refractivity contribution is 8.30. The van der Waals surface area contributed by atoms with Crippen LogP contribution in [0.15, 0.2) is 0 Å². The van der Waals surface area contributed by atoms with Crippen LogP contribution in [-0.4, -0.2) is 16.6 Å². The molecule has 1 atom stereocenters. The third kappa shape index (κ3) is 2.01. The minimum atomic E-state index is -0.151. The summed E-state index contributed by atoms with van der Waals surface area (Å²) in [7, 11) is -0.151. The van der Waals surface area contributed by atoms with E-state index in [1.54, 1.807) is 0 Å². The second-order valence-corrected chi connectivity index (χ2v) is 5.31. The second kappa shape index (κ2) is 4.02. The highest BCUT2D eigenvalue weighted by Gasteiger charge is 2.19. The summed E-state index contributed by atoms with van der Waals surface area (Å²) < 4.78 is 0. The third-order valence-corrected chi connectivity index (χ3v) is 4.59. The van der Waals surface area contributed by atoms with Crippen LogP contribution in [0.1, 0.15) is 32.6 Å². The van der Waals surface area contributed by atoms with Gasteiger partial charge < -0.3 is 0 Å². The Hall–Kier alpha value is 0.0200. The maximum atomic E-state index is 11.1. The molecule has 0 radical (unpaired) electrons. The van der Waals surface area contributed by atoms with Crippen LogP contribution in [0.2, 0.25) is 0 Å². The summed E-state index contributed by atoms with van der Waals surface area (Å²) in [5, 5.41) is 0.587. The van der Waals surface area contributed by atoms with E-state index in [2.05, 4.69) is 6.92 Å². The molecule has 2 heteroatoms. The molecular weight excluding hydrogens is 144 g/mol. The minimum Gasteiger partial charge on any atom is -0.289 e. The highest BCUT2D eigenvalue weighted by Crippen LogP contribution is 2.36. The van der Waals surface area contributed by atoms with Gasteiger partial charge in [-0.05, 0) is 24.3 Å². The Morgan fingerprint density at radius 1 is 1.60 bits per heavy atom. The molecule has 0 saturated carbocycles. The molecule has 60 valence electrons. The molecule has 0 N–H and O–H groups in total. The van der Waals surface area contributed by atoms with Crippen LogP contribution in [0.25, 0.3) is 0 Å². The maximum Gasteiger partial charge on any atom is 0.169 e. The van der Waals surface area contributed by atoms with Crippen LogP contribution in [0.3, 0.4) is 0 Å². The van der Waals surface area contributed by atoms with E-state index in [1.807, 2.05) is 0 Å². The lowest BCUT2D eigenvalue weighted by atomic mass is 10.4. The predicted molar refractivity (Wildman–Crippen MR) is 47.9 cm³/mol. The molecule has 1 nitrogen and oxygen atoms in total. The van der Waals surface area contributed by atoms with Gasteiger partial charge in [0, 0.05) is 6.42 Å². The summed E-state index contributed by atoms with van der Waals surface area (Å²) in [6, 6.07) is 0. The maximum absolute atomic E-state index is 11.1. The quantitative estimate of drug-likeness (QED) is 0.626. The van der Waals surface area contributed by atoms with E-state index in [0.717, 1.165) is 6.42 Å². The first-order chi connectivity index (χ1) is 4.84. The van der Waals surface area contributed by atoms with Gasteiger partial charge in [0.2, 0.25) is 0 Å². The minimum absolute atomic E-state index is 0.151. The van der Waals surface area contributed by atoms with Gasteiger partial charge >= 0.3 is 0 Å². The van der Waals surface area contributed by atoms with E-state index in [1.165, 1.54) is 30.8 Å². The van der Waals surface area contributed by atoms with Gasteiger partial charge in [0.15, 0.2) is 5.12 Å². The Morgan fingerprint density at radius 2 is 2.40 bits per heavy atom. The van der Waals surface area contributed by atoms with Gasteiger partial charge in [-0.1, -0.05) is 13.3 Å². The lowest BCUT2D eigenvalue weighted by molar-refractivity contribution is -0.110. The van der Waals surface area contributed by atoms with Crippen LogP contribution in [0.5, 0.6) is 0 Å². The lowest BCUT2D eigenvalue weighted by Gasteiger charge is -2.10. The molecule has 1 fully saturated rings. The van der Waals surface area contributed by atoms with Crippen molar-refractivity contribution in [3.8, 4) is 0 Å². The first-order valence-electron chi connectivity index (χ1n) is 4.12. The monoisotopic (exact) mass is 160 g/mol. The summed E-state index contributed by atoms with van der Waals surface area (Å²) in [5.74, 6) is 2.44. The van der Waals surface area contributed by atoms with Crippen molar-refractivity contribution in [1.82, 2.24) is 0 Å². The number of thiol groups is 1. The van der Waals surface area contributed by atoms with Crippen molar-refractivity contribution in [2.24, 2.45) is 0 Å². The average molecular weight is 160 g/mol. The number of carbonyl (C=O) groups excluding carboxylic acids is 1. The zero-order valence-corrected chi connectivity index (χ0v) is 7.49. The molecule has 1 saturated heterocycles. The van der Waals surface area contributed by atoms with Crippen molar-refractivity contribution in [2.75, 3.05) is 11.5 Å². The fraction of sp³-hybridized carbons (Fsp3) is 0.875. The predicted octanol–water partition coefficient (Wildman–Crippen LogP) is 2.11. The molecule has 1 aliphatic rings. The number of unbranched alkanes of at least 4 members (excludes halogenated alkanes) is 1. The van der Waals surface area contributed by atoms with Crippen molar-refractivity contribution in [1.29, 1.82) is 0 Å². The van der Waals surface area contributed by atoms with Gasteiger partial charge in [-0.2, -0.15) is 10.9 Å². The number of carbonyl (C=O) groups is 1. The Kier molecular flexibility index (Phi) is 3.26. The molecule has 0 aromatic carbocycles. The fourth-order valence-corrected chi connectivity index (χ4v) is 3.72. The molecule has 0 aromatic rings. The smallest absolute Gasteiger partial charge is 0.169 e. The molecule has 0 spiro atoms. The Labute approximate surface area is 65.5 Å². The van der Waals surface area contributed by atoms with Crippen molar-refractivity contribution < 1.29 is 4.79 Å². The van der Waals surface area contributed by atoms with Crippen molar-refractivity contribution in [3.63, 3.8) is 0 Å². The Balaban J connectivity index is 2.20. The second-order valence-electron chi connectivity index (χ2n) is 2.84. The van der Waals surface area contributed by atoms with Gasteiger partial charge in [-0.25, -0.2) is 0 Å². The van der Waals surface area contributed by atoms with Gasteiger partial charge in [0.1, 0.15) is 0 Å². The van der Waals surface area contributed by atoms with Crippen molar-refractivity contribution in [2.45, 2.75) is 32.6 Å². The Morgan fingerprint density at radius 3 is 2.90 bits per heavy atom. The highest BCUT2D eigenvalue weighted by atomic mass is 32.2. The zero-order chi connectivity index (χ0) is 7.40. The summed E-state index contributed by atoms with van der Waals surface area (Å²) >= 11 is 0. The van der Waals surface area contributed by atoms with Gasteiger partial charge in [-0.3, -0.25) is 4.79 Å². The van der Waals surface area contributed by atoms with E-state index in [9.17, 15) is 4.79 Å². The third-order valence-electron chi connectivity index (χ3n) is 1.95. The largest absolute Gasteiger partial charge is 0.289 e. The lowest BCUT2D eigenvalue weighted by Crippen LogP contribution is -1.95. The zero-order valence-electron chi connectivity index (χ0n) is 6.60. The molecule has 0 aliphatic carbocycles. The van der Waals surface area contributed by atoms with E-state index in [4.69, 9.17) is 0 Å². The van der Waals surface area contributed by atoms with Crippen LogP contribution in [0, 0.1) is 0 Å². The molecular formula is C8H16OS. The molecule has 1 heterocycles. The van der Waals surface area contributed by atoms with Crippen LogP contribution >= 0.6 is 10.9 Å². The summed E-state index contributed by atoms with van der Waals surface area (Å²) in [4.78, 5) is 11.1. The summed E-state index contributed by atoms with van der Waals surface area (Å²) in [6.07, 6.45) is 4.56. The van der Waals surface area contributed by atoms with E-state index in [0.29, 0.717) is 5.12 Å². The number of hydrogen-bond donors (Lipinski definition) is 1. The van der Waals surface area contributed by atoms with Crippen molar-refractivity contribution in [3.05, 3.63) is 0 Å². The summed E-state index contributed by atoms with van der Waals surface area (Å²) in [6.45, 7) is 2.19. The molecule has 1 rings (SSSR count). The SMILES string of the molecule is CCCC[SH]1CCCC1=O. The Bertz CT molecular complexity index is 122. The first-order valence-corrected chi connectivity index (χ1v) is 5.83. The van der Waals surface area contributed by atoms with Crippen LogP contribution < -0.4 is 0 Å². The topological polar surface area (TPSA) is 17.1 Å². The molecule has 0 bridgehead atoms. The number of hydrogen-bond acceptors (Lipinski definition) is 1. The van der Waals surface area contributed by atoms with Gasteiger partial charge in [0.25, 0.3) is 0 Å². The van der Waals surface area contributed by atoms with E-state index in [-0.39, 0.29) is 10.9 Å². The van der Waals surface area contributed by atoms with E-state index < -0.39 is 0 Å². The number of rotatable bonds is 3. The van der Waals surface area contributed by atoms with Gasteiger partial charge in [-0.15, -0.1) is 0 Å². The van der Waals surface area contributed by atoms with Crippen LogP contribution in [-0.2, 0) is 4.79 Å². The first kappa shape index (κ1) is 8.12. The molecule has 0 amide bonds. The fourth-order valence-electron chi connectivity index (χ4n) is 1.29. The molecule has 1 aliphatic heterocycles. The standard InChI is InChI=1S/C8H16OS/c1-2-3-6-10-7-4-5-8(10)9/h10H,2-7H2,1H3. The van der Waals surface area contributed by atoms with Gasteiger partial charge in [0.05, 0.1) is 0 Å². The van der Waals surface area contributed by atoms with Crippen molar-refractivity contribution >= 4 is 16.0 Å². The average Bonchev–Trinajstić information content (AvgIpc) is 2.31. The molecule has 0 aromatic heterocycles. The normalized spacial score (nSPS) is 29.3. The van der Waals surface area contributed by atoms with Crippen LogP contribution in [0.4, 0.5) is 0 Å². The molecule has 10 heavy (non-hydrogen) atoms. The molecule has 1 unspecified atom stereocenters.